The van der Waals surface area contributed by atoms with Crippen molar-refractivity contribution in [1.29, 1.82) is 0 Å². The fourth-order valence-corrected chi connectivity index (χ4v) is 0.883. The molecule has 0 atom stereocenters. The monoisotopic (exact) mass is 165 g/mol. The molecule has 4 N–H and O–H groups in total. The van der Waals surface area contributed by atoms with Gasteiger partial charge in [-0.3, -0.25) is 10.2 Å². The summed E-state index contributed by atoms with van der Waals surface area (Å²) in [7, 11) is 0. The lowest BCUT2D eigenvalue weighted by molar-refractivity contribution is -0.110. The Morgan fingerprint density at radius 2 is 2.17 bits per heavy atom. The summed E-state index contributed by atoms with van der Waals surface area (Å²) in [4.78, 5) is 9.88. The Balaban J connectivity index is 2.51. The van der Waals surface area contributed by atoms with Crippen molar-refractivity contribution in [3.63, 3.8) is 0 Å². The molecule has 0 aliphatic heterocycles. The number of carbonyl (C=O) groups is 1. The average Bonchev–Trinajstić information content (AvgIpc) is 2.09. The molecule has 0 aromatic heterocycles. The lowest BCUT2D eigenvalue weighted by atomic mass is 10.2. The highest BCUT2D eigenvalue weighted by molar-refractivity contribution is 5.47. The summed E-state index contributed by atoms with van der Waals surface area (Å²) in [6.45, 7) is 0.533. The third kappa shape index (κ3) is 2.25. The van der Waals surface area contributed by atoms with Gasteiger partial charge in [-0.15, -0.1) is 0 Å². The average molecular weight is 165 g/mol. The molecule has 0 saturated carbocycles. The summed E-state index contributed by atoms with van der Waals surface area (Å²) in [5.41, 5.74) is 12.4. The van der Waals surface area contributed by atoms with E-state index in [-0.39, 0.29) is 0 Å². The van der Waals surface area contributed by atoms with Gasteiger partial charge in [-0.1, -0.05) is 18.2 Å². The molecule has 0 fully saturated rings. The molecule has 1 amide bonds. The van der Waals surface area contributed by atoms with Crippen LogP contribution in [0.4, 0.5) is 5.69 Å². The van der Waals surface area contributed by atoms with Gasteiger partial charge < -0.3 is 5.73 Å². The molecule has 12 heavy (non-hydrogen) atoms. The lowest BCUT2D eigenvalue weighted by Crippen LogP contribution is -2.29. The summed E-state index contributed by atoms with van der Waals surface area (Å²) < 4.78 is 0. The third-order valence-electron chi connectivity index (χ3n) is 1.49. The van der Waals surface area contributed by atoms with Crippen LogP contribution in [0.5, 0.6) is 0 Å². The van der Waals surface area contributed by atoms with Crippen LogP contribution in [-0.2, 0) is 11.3 Å². The molecule has 0 saturated heterocycles. The smallest absolute Gasteiger partial charge is 0.221 e. The number of hydrogen-bond acceptors (Lipinski definition) is 3. The first-order valence-corrected chi connectivity index (χ1v) is 3.60. The summed E-state index contributed by atoms with van der Waals surface area (Å²) in [6, 6.07) is 7.48. The molecule has 64 valence electrons. The number of carbonyl (C=O) groups excluding carboxylic acids is 1. The van der Waals surface area contributed by atoms with E-state index < -0.39 is 0 Å². The molecule has 1 aromatic rings. The molecule has 4 heteroatoms. The molecule has 0 unspecified atom stereocenters. The quantitative estimate of drug-likeness (QED) is 0.255. The number of nitrogen functional groups attached to an aromatic ring is 1. The second-order valence-electron chi connectivity index (χ2n) is 2.31. The van der Waals surface area contributed by atoms with E-state index in [0.29, 0.717) is 13.0 Å². The van der Waals surface area contributed by atoms with E-state index in [9.17, 15) is 4.79 Å². The number of rotatable bonds is 4. The fourth-order valence-electron chi connectivity index (χ4n) is 0.883. The highest BCUT2D eigenvalue weighted by atomic mass is 16.1. The number of benzene rings is 1. The maximum atomic E-state index is 9.88. The van der Waals surface area contributed by atoms with Crippen LogP contribution in [0.1, 0.15) is 5.56 Å². The van der Waals surface area contributed by atoms with Crippen molar-refractivity contribution in [3.05, 3.63) is 29.8 Å². The Bertz CT molecular complexity index is 262. The maximum absolute atomic E-state index is 9.88. The molecule has 4 nitrogen and oxygen atoms in total. The van der Waals surface area contributed by atoms with Gasteiger partial charge in [0.05, 0.1) is 0 Å². The summed E-state index contributed by atoms with van der Waals surface area (Å²) in [6.07, 6.45) is 0.582. The molecular weight excluding hydrogens is 154 g/mol. The van der Waals surface area contributed by atoms with Gasteiger partial charge >= 0.3 is 0 Å². The highest BCUT2D eigenvalue weighted by Crippen LogP contribution is 2.08. The van der Waals surface area contributed by atoms with Crippen molar-refractivity contribution in [2.24, 2.45) is 0 Å². The van der Waals surface area contributed by atoms with E-state index in [0.717, 1.165) is 11.3 Å². The van der Waals surface area contributed by atoms with Gasteiger partial charge in [0.1, 0.15) is 0 Å². The Kier molecular flexibility index (Phi) is 3.10. The van der Waals surface area contributed by atoms with E-state index in [1.807, 2.05) is 24.3 Å². The summed E-state index contributed by atoms with van der Waals surface area (Å²) in [5.74, 6) is 0. The van der Waals surface area contributed by atoms with E-state index in [1.165, 1.54) is 0 Å². The number of nitrogens with two attached hydrogens (primary N) is 1. The van der Waals surface area contributed by atoms with Gasteiger partial charge in [-0.2, -0.15) is 0 Å². The van der Waals surface area contributed by atoms with Crippen molar-refractivity contribution in [1.82, 2.24) is 10.9 Å². The predicted octanol–water partition coefficient (Wildman–Crippen LogP) is 0.0194. The van der Waals surface area contributed by atoms with Crippen molar-refractivity contribution >= 4 is 12.1 Å². The molecule has 0 heterocycles. The highest BCUT2D eigenvalue weighted by Gasteiger charge is 1.94. The second-order valence-corrected chi connectivity index (χ2v) is 2.31. The van der Waals surface area contributed by atoms with Gasteiger partial charge in [-0.25, -0.2) is 5.43 Å². The fraction of sp³-hybridized carbons (Fsp3) is 0.125. The van der Waals surface area contributed by atoms with Gasteiger partial charge in [0, 0.05) is 12.2 Å². The zero-order valence-corrected chi connectivity index (χ0v) is 6.58. The van der Waals surface area contributed by atoms with Gasteiger partial charge in [-0.05, 0) is 11.6 Å². The normalized spacial score (nSPS) is 9.33. The van der Waals surface area contributed by atoms with Crippen LogP contribution >= 0.6 is 0 Å². The second kappa shape index (κ2) is 4.35. The van der Waals surface area contributed by atoms with Crippen LogP contribution in [0.2, 0.25) is 0 Å². The predicted molar refractivity (Wildman–Crippen MR) is 46.9 cm³/mol. The number of hydrogen-bond donors (Lipinski definition) is 3. The van der Waals surface area contributed by atoms with Crippen molar-refractivity contribution in [2.75, 3.05) is 5.73 Å². The molecule has 0 spiro atoms. The first-order chi connectivity index (χ1) is 5.84. The number of para-hydroxylation sites is 1. The minimum atomic E-state index is 0.533. The van der Waals surface area contributed by atoms with Crippen molar-refractivity contribution < 1.29 is 4.79 Å². The van der Waals surface area contributed by atoms with Crippen molar-refractivity contribution in [2.45, 2.75) is 6.54 Å². The van der Waals surface area contributed by atoms with E-state index in [4.69, 9.17) is 5.73 Å². The number of anilines is 1. The van der Waals surface area contributed by atoms with Crippen LogP contribution in [-0.4, -0.2) is 6.41 Å². The first kappa shape index (κ1) is 8.55. The van der Waals surface area contributed by atoms with Crippen LogP contribution in [0, 0.1) is 0 Å². The van der Waals surface area contributed by atoms with Crippen LogP contribution in [0.3, 0.4) is 0 Å². The number of hydrazine groups is 1. The molecule has 1 aromatic carbocycles. The molecule has 0 aliphatic rings. The standard InChI is InChI=1S/C8H11N3O/c9-8-4-2-1-3-7(8)5-10-11-6-12/h1-4,6,10H,5,9H2,(H,11,12). The minimum Gasteiger partial charge on any atom is -0.398 e. The van der Waals surface area contributed by atoms with Crippen LogP contribution in [0.25, 0.3) is 0 Å². The molecule has 1 rings (SSSR count). The van der Waals surface area contributed by atoms with Gasteiger partial charge in [0.2, 0.25) is 6.41 Å². The SMILES string of the molecule is Nc1ccccc1CNNC=O. The van der Waals surface area contributed by atoms with E-state index in [1.54, 1.807) is 0 Å². The number of nitrogens with one attached hydrogen (secondary N) is 2. The van der Waals surface area contributed by atoms with Crippen LogP contribution < -0.4 is 16.6 Å². The summed E-state index contributed by atoms with van der Waals surface area (Å²) >= 11 is 0. The molecular formula is C8H11N3O. The maximum Gasteiger partial charge on any atom is 0.221 e. The third-order valence-corrected chi connectivity index (χ3v) is 1.49. The largest absolute Gasteiger partial charge is 0.398 e. The van der Waals surface area contributed by atoms with Gasteiger partial charge in [0.25, 0.3) is 0 Å². The molecule has 0 bridgehead atoms. The van der Waals surface area contributed by atoms with Crippen LogP contribution in [0.15, 0.2) is 24.3 Å². The Labute approximate surface area is 70.7 Å². The zero-order valence-electron chi connectivity index (χ0n) is 6.58. The number of amides is 1. The molecule has 0 radical (unpaired) electrons. The topological polar surface area (TPSA) is 67.2 Å². The van der Waals surface area contributed by atoms with Crippen molar-refractivity contribution in [3.8, 4) is 0 Å². The molecule has 0 aliphatic carbocycles. The lowest BCUT2D eigenvalue weighted by Gasteiger charge is -2.04. The van der Waals surface area contributed by atoms with Gasteiger partial charge in [0.15, 0.2) is 0 Å². The Morgan fingerprint density at radius 1 is 1.42 bits per heavy atom. The Hall–Kier alpha value is -1.55. The summed E-state index contributed by atoms with van der Waals surface area (Å²) in [5, 5.41) is 0. The zero-order chi connectivity index (χ0) is 8.81. The minimum absolute atomic E-state index is 0.533. The Morgan fingerprint density at radius 3 is 2.83 bits per heavy atom. The van der Waals surface area contributed by atoms with E-state index in [2.05, 4.69) is 10.9 Å². The van der Waals surface area contributed by atoms with E-state index >= 15 is 0 Å². The first-order valence-electron chi connectivity index (χ1n) is 3.60.